The largest absolute Gasteiger partial charge is 0.419 e. The van der Waals surface area contributed by atoms with Gasteiger partial charge >= 0.3 is 6.18 Å². The molecule has 0 aliphatic carbocycles. The van der Waals surface area contributed by atoms with Gasteiger partial charge in [0, 0.05) is 32.2 Å². The second kappa shape index (κ2) is 6.74. The molecule has 2 rings (SSSR count). The molecule has 1 heterocycles. The first-order valence-electron chi connectivity index (χ1n) is 6.21. The Balaban J connectivity index is 0.00000200. The van der Waals surface area contributed by atoms with Crippen LogP contribution in [0.3, 0.4) is 0 Å². The number of rotatable bonds is 2. The number of piperazine rings is 1. The molecule has 0 unspecified atom stereocenters. The molecular weight excluding hydrogens is 296 g/mol. The molecule has 1 aliphatic rings. The van der Waals surface area contributed by atoms with Crippen molar-refractivity contribution in [2.24, 2.45) is 0 Å². The number of hydrogen-bond acceptors (Lipinski definition) is 2. The third-order valence-electron chi connectivity index (χ3n) is 3.48. The molecule has 1 aromatic carbocycles. The summed E-state index contributed by atoms with van der Waals surface area (Å²) in [6.07, 6.45) is -4.66. The summed E-state index contributed by atoms with van der Waals surface area (Å²) in [6.45, 7) is 4.49. The van der Waals surface area contributed by atoms with Crippen molar-refractivity contribution < 1.29 is 17.6 Å². The van der Waals surface area contributed by atoms with Gasteiger partial charge in [0.1, 0.15) is 5.82 Å². The minimum Gasteiger partial charge on any atom is -0.314 e. The minimum absolute atomic E-state index is 0. The van der Waals surface area contributed by atoms with Crippen molar-refractivity contribution >= 4 is 12.4 Å². The van der Waals surface area contributed by atoms with Crippen molar-refractivity contribution in [1.82, 2.24) is 10.2 Å². The quantitative estimate of drug-likeness (QED) is 0.844. The zero-order chi connectivity index (χ0) is 14.0. The summed E-state index contributed by atoms with van der Waals surface area (Å²) in [5, 5.41) is 3.14. The highest BCUT2D eigenvalue weighted by molar-refractivity contribution is 5.85. The van der Waals surface area contributed by atoms with Crippen LogP contribution in [0.25, 0.3) is 0 Å². The lowest BCUT2D eigenvalue weighted by Gasteiger charge is -2.34. The second-order valence-electron chi connectivity index (χ2n) is 4.66. The average Bonchev–Trinajstić information content (AvgIpc) is 2.37. The van der Waals surface area contributed by atoms with Gasteiger partial charge in [-0.3, -0.25) is 4.90 Å². The number of alkyl halides is 3. The summed E-state index contributed by atoms with van der Waals surface area (Å²) >= 11 is 0. The van der Waals surface area contributed by atoms with Crippen molar-refractivity contribution in [3.63, 3.8) is 0 Å². The van der Waals surface area contributed by atoms with Gasteiger partial charge in [-0.1, -0.05) is 12.1 Å². The van der Waals surface area contributed by atoms with E-state index in [4.69, 9.17) is 0 Å². The van der Waals surface area contributed by atoms with Crippen LogP contribution in [0.2, 0.25) is 0 Å². The smallest absolute Gasteiger partial charge is 0.314 e. The minimum atomic E-state index is -4.66. The van der Waals surface area contributed by atoms with E-state index in [1.807, 2.05) is 4.90 Å². The predicted molar refractivity (Wildman–Crippen MR) is 71.5 cm³/mol. The second-order valence-corrected chi connectivity index (χ2v) is 4.66. The highest BCUT2D eigenvalue weighted by Gasteiger charge is 2.38. The van der Waals surface area contributed by atoms with Crippen LogP contribution in [0.5, 0.6) is 0 Å². The standard InChI is InChI=1S/C13H16F4N2.ClH/c1-9(19-7-5-18-6-8-19)10-3-2-4-11(14)12(10)13(15,16)17;/h2-4,9,18H,5-8H2,1H3;1H/t9-;/m1./s1. The van der Waals surface area contributed by atoms with Gasteiger partial charge in [0.05, 0.1) is 5.56 Å². The summed E-state index contributed by atoms with van der Waals surface area (Å²) in [5.41, 5.74) is -1.13. The number of halogens is 5. The molecular formula is C13H17ClF4N2. The van der Waals surface area contributed by atoms with Gasteiger partial charge in [-0.15, -0.1) is 12.4 Å². The Hall–Kier alpha value is -0.850. The normalized spacial score (nSPS) is 18.4. The monoisotopic (exact) mass is 312 g/mol. The number of benzene rings is 1. The summed E-state index contributed by atoms with van der Waals surface area (Å²) in [6, 6.07) is 3.10. The molecule has 114 valence electrons. The van der Waals surface area contributed by atoms with Gasteiger partial charge in [-0.25, -0.2) is 4.39 Å². The molecule has 1 saturated heterocycles. The van der Waals surface area contributed by atoms with E-state index in [2.05, 4.69) is 5.32 Å². The van der Waals surface area contributed by atoms with Crippen LogP contribution in [0.15, 0.2) is 18.2 Å². The average molecular weight is 313 g/mol. The Morgan fingerprint density at radius 3 is 2.35 bits per heavy atom. The fraction of sp³-hybridized carbons (Fsp3) is 0.538. The van der Waals surface area contributed by atoms with E-state index in [-0.39, 0.29) is 18.0 Å². The molecule has 20 heavy (non-hydrogen) atoms. The lowest BCUT2D eigenvalue weighted by Crippen LogP contribution is -2.44. The Morgan fingerprint density at radius 1 is 1.20 bits per heavy atom. The van der Waals surface area contributed by atoms with Crippen LogP contribution in [-0.4, -0.2) is 31.1 Å². The molecule has 7 heteroatoms. The van der Waals surface area contributed by atoms with Gasteiger partial charge in [0.2, 0.25) is 0 Å². The molecule has 0 radical (unpaired) electrons. The van der Waals surface area contributed by atoms with Crippen molar-refractivity contribution in [3.05, 3.63) is 35.1 Å². The molecule has 1 atom stereocenters. The van der Waals surface area contributed by atoms with Crippen molar-refractivity contribution in [2.75, 3.05) is 26.2 Å². The van der Waals surface area contributed by atoms with Crippen LogP contribution < -0.4 is 5.32 Å². The van der Waals surface area contributed by atoms with Gasteiger partial charge in [-0.2, -0.15) is 13.2 Å². The topological polar surface area (TPSA) is 15.3 Å². The summed E-state index contributed by atoms with van der Waals surface area (Å²) in [7, 11) is 0. The Morgan fingerprint density at radius 2 is 1.80 bits per heavy atom. The lowest BCUT2D eigenvalue weighted by atomic mass is 9.98. The molecule has 1 aromatic rings. The highest BCUT2D eigenvalue weighted by Crippen LogP contribution is 2.37. The van der Waals surface area contributed by atoms with Crippen LogP contribution in [0.1, 0.15) is 24.1 Å². The lowest BCUT2D eigenvalue weighted by molar-refractivity contribution is -0.141. The molecule has 1 N–H and O–H groups in total. The molecule has 0 spiro atoms. The zero-order valence-corrected chi connectivity index (χ0v) is 11.8. The fourth-order valence-electron chi connectivity index (χ4n) is 2.45. The van der Waals surface area contributed by atoms with E-state index < -0.39 is 23.6 Å². The maximum atomic E-state index is 13.5. The van der Waals surface area contributed by atoms with Gasteiger partial charge in [0.25, 0.3) is 0 Å². The van der Waals surface area contributed by atoms with Crippen LogP contribution >= 0.6 is 12.4 Å². The Labute approximate surface area is 121 Å². The van der Waals surface area contributed by atoms with Crippen molar-refractivity contribution in [3.8, 4) is 0 Å². The fourth-order valence-corrected chi connectivity index (χ4v) is 2.45. The van der Waals surface area contributed by atoms with E-state index in [0.29, 0.717) is 13.1 Å². The number of nitrogens with zero attached hydrogens (tertiary/aromatic N) is 1. The summed E-state index contributed by atoms with van der Waals surface area (Å²) in [5.74, 6) is -1.20. The van der Waals surface area contributed by atoms with Gasteiger partial charge in [0.15, 0.2) is 0 Å². The number of hydrogen-bond donors (Lipinski definition) is 1. The van der Waals surface area contributed by atoms with Crippen molar-refractivity contribution in [1.29, 1.82) is 0 Å². The molecule has 0 aromatic heterocycles. The van der Waals surface area contributed by atoms with Gasteiger partial charge in [-0.05, 0) is 18.6 Å². The predicted octanol–water partition coefficient (Wildman–Crippen LogP) is 3.23. The number of nitrogens with one attached hydrogen (secondary N) is 1. The molecule has 2 nitrogen and oxygen atoms in total. The van der Waals surface area contributed by atoms with E-state index in [1.54, 1.807) is 6.92 Å². The maximum absolute atomic E-state index is 13.5. The third kappa shape index (κ3) is 3.62. The Bertz CT molecular complexity index is 444. The van der Waals surface area contributed by atoms with E-state index in [9.17, 15) is 17.6 Å². The first-order valence-corrected chi connectivity index (χ1v) is 6.21. The summed E-state index contributed by atoms with van der Waals surface area (Å²) < 4.78 is 52.4. The molecule has 1 fully saturated rings. The first kappa shape index (κ1) is 17.2. The first-order chi connectivity index (χ1) is 8.91. The summed E-state index contributed by atoms with van der Waals surface area (Å²) in [4.78, 5) is 1.93. The molecule has 1 aliphatic heterocycles. The molecule has 0 bridgehead atoms. The SMILES string of the molecule is C[C@H](c1cccc(F)c1C(F)(F)F)N1CCNCC1.Cl. The molecule has 0 saturated carbocycles. The van der Waals surface area contributed by atoms with Crippen molar-refractivity contribution in [2.45, 2.75) is 19.1 Å². The van der Waals surface area contributed by atoms with Crippen LogP contribution in [0, 0.1) is 5.82 Å². The highest BCUT2D eigenvalue weighted by atomic mass is 35.5. The van der Waals surface area contributed by atoms with E-state index in [1.165, 1.54) is 12.1 Å². The Kier molecular flexibility index (Phi) is 5.79. The van der Waals surface area contributed by atoms with Crippen LogP contribution in [0.4, 0.5) is 17.6 Å². The zero-order valence-electron chi connectivity index (χ0n) is 11.0. The molecule has 0 amide bonds. The van der Waals surface area contributed by atoms with E-state index in [0.717, 1.165) is 19.2 Å². The van der Waals surface area contributed by atoms with E-state index >= 15 is 0 Å². The maximum Gasteiger partial charge on any atom is 0.419 e. The third-order valence-corrected chi connectivity index (χ3v) is 3.48. The van der Waals surface area contributed by atoms with Gasteiger partial charge < -0.3 is 5.32 Å². The van der Waals surface area contributed by atoms with Crippen LogP contribution in [-0.2, 0) is 6.18 Å².